The average Bonchev–Trinajstić information content (AvgIpc) is 3.00. The molecule has 1 heterocycles. The molecule has 2 aromatic rings. The number of aromatic nitrogens is 1. The Kier molecular flexibility index (Phi) is 7.03. The lowest BCUT2D eigenvalue weighted by Gasteiger charge is -2.14. The van der Waals surface area contributed by atoms with Crippen molar-refractivity contribution in [2.45, 2.75) is 38.1 Å². The van der Waals surface area contributed by atoms with E-state index < -0.39 is 22.0 Å². The SMILES string of the molecule is COc1ccc(CCNC(=O)[C@H](C)NS(=O)(=O)c2c(C)noc2C)cc1OC. The minimum Gasteiger partial charge on any atom is -0.493 e. The van der Waals surface area contributed by atoms with Gasteiger partial charge in [0.1, 0.15) is 10.6 Å². The fourth-order valence-corrected chi connectivity index (χ4v) is 4.25. The molecule has 28 heavy (non-hydrogen) atoms. The van der Waals surface area contributed by atoms with Gasteiger partial charge in [-0.05, 0) is 44.9 Å². The Balaban J connectivity index is 1.93. The van der Waals surface area contributed by atoms with Gasteiger partial charge in [0.25, 0.3) is 0 Å². The lowest BCUT2D eigenvalue weighted by atomic mass is 10.1. The molecule has 1 aromatic heterocycles. The molecule has 2 N–H and O–H groups in total. The molecule has 1 atom stereocenters. The number of amides is 1. The van der Waals surface area contributed by atoms with Gasteiger partial charge in [0.2, 0.25) is 15.9 Å². The van der Waals surface area contributed by atoms with Gasteiger partial charge >= 0.3 is 0 Å². The number of hydrogen-bond acceptors (Lipinski definition) is 7. The van der Waals surface area contributed by atoms with E-state index in [0.717, 1.165) is 5.56 Å². The highest BCUT2D eigenvalue weighted by Gasteiger charge is 2.27. The first kappa shape index (κ1) is 21.7. The van der Waals surface area contributed by atoms with Crippen LogP contribution in [0.1, 0.15) is 23.9 Å². The van der Waals surface area contributed by atoms with Crippen molar-refractivity contribution in [1.29, 1.82) is 0 Å². The minimum absolute atomic E-state index is 0.0440. The zero-order valence-electron chi connectivity index (χ0n) is 16.5. The van der Waals surface area contributed by atoms with E-state index >= 15 is 0 Å². The van der Waals surface area contributed by atoms with Gasteiger partial charge in [-0.15, -0.1) is 0 Å². The number of sulfonamides is 1. The molecule has 10 heteroatoms. The molecule has 1 amide bonds. The molecule has 1 aromatic carbocycles. The summed E-state index contributed by atoms with van der Waals surface area (Å²) in [6, 6.07) is 4.53. The Labute approximate surface area is 164 Å². The fourth-order valence-electron chi connectivity index (χ4n) is 2.72. The van der Waals surface area contributed by atoms with E-state index in [9.17, 15) is 13.2 Å². The molecule has 0 saturated carbocycles. The van der Waals surface area contributed by atoms with Crippen molar-refractivity contribution < 1.29 is 27.2 Å². The molecule has 0 radical (unpaired) electrons. The first-order valence-electron chi connectivity index (χ1n) is 8.63. The van der Waals surface area contributed by atoms with Crippen LogP contribution >= 0.6 is 0 Å². The number of nitrogens with one attached hydrogen (secondary N) is 2. The van der Waals surface area contributed by atoms with E-state index in [1.54, 1.807) is 20.3 Å². The summed E-state index contributed by atoms with van der Waals surface area (Å²) in [5.41, 5.74) is 1.19. The highest BCUT2D eigenvalue weighted by atomic mass is 32.2. The number of benzene rings is 1. The Morgan fingerprint density at radius 3 is 2.46 bits per heavy atom. The van der Waals surface area contributed by atoms with Gasteiger partial charge in [-0.25, -0.2) is 8.42 Å². The van der Waals surface area contributed by atoms with E-state index in [-0.39, 0.29) is 16.3 Å². The van der Waals surface area contributed by atoms with E-state index in [4.69, 9.17) is 14.0 Å². The summed E-state index contributed by atoms with van der Waals surface area (Å²) < 4.78 is 42.6. The molecule has 0 spiro atoms. The van der Waals surface area contributed by atoms with Crippen LogP contribution in [-0.4, -0.2) is 46.3 Å². The maximum absolute atomic E-state index is 12.5. The Morgan fingerprint density at radius 1 is 1.21 bits per heavy atom. The van der Waals surface area contributed by atoms with Crippen molar-refractivity contribution in [2.24, 2.45) is 0 Å². The van der Waals surface area contributed by atoms with Crippen LogP contribution in [0.4, 0.5) is 0 Å². The van der Waals surface area contributed by atoms with Crippen molar-refractivity contribution in [3.8, 4) is 11.5 Å². The highest BCUT2D eigenvalue weighted by Crippen LogP contribution is 2.27. The second kappa shape index (κ2) is 9.07. The van der Waals surface area contributed by atoms with Gasteiger partial charge in [0.15, 0.2) is 17.3 Å². The van der Waals surface area contributed by atoms with E-state index in [2.05, 4.69) is 15.2 Å². The van der Waals surface area contributed by atoms with Crippen LogP contribution in [-0.2, 0) is 21.2 Å². The Bertz CT molecular complexity index is 919. The van der Waals surface area contributed by atoms with Crippen molar-refractivity contribution in [1.82, 2.24) is 15.2 Å². The van der Waals surface area contributed by atoms with Crippen molar-refractivity contribution in [3.05, 3.63) is 35.2 Å². The number of rotatable bonds is 9. The van der Waals surface area contributed by atoms with E-state index in [1.807, 2.05) is 12.1 Å². The molecule has 0 saturated heterocycles. The molecule has 0 bridgehead atoms. The maximum atomic E-state index is 12.5. The average molecular weight is 411 g/mol. The second-order valence-electron chi connectivity index (χ2n) is 6.23. The number of hydrogen-bond donors (Lipinski definition) is 2. The van der Waals surface area contributed by atoms with Gasteiger partial charge in [-0.1, -0.05) is 11.2 Å². The summed E-state index contributed by atoms with van der Waals surface area (Å²) in [6.07, 6.45) is 0.551. The second-order valence-corrected chi connectivity index (χ2v) is 7.88. The lowest BCUT2D eigenvalue weighted by molar-refractivity contribution is -0.122. The largest absolute Gasteiger partial charge is 0.493 e. The monoisotopic (exact) mass is 411 g/mol. The van der Waals surface area contributed by atoms with Gasteiger partial charge < -0.3 is 19.3 Å². The van der Waals surface area contributed by atoms with Gasteiger partial charge in [-0.3, -0.25) is 4.79 Å². The van der Waals surface area contributed by atoms with E-state index in [1.165, 1.54) is 20.8 Å². The summed E-state index contributed by atoms with van der Waals surface area (Å²) in [7, 11) is -0.804. The Hall–Kier alpha value is -2.59. The topological polar surface area (TPSA) is 120 Å². The lowest BCUT2D eigenvalue weighted by Crippen LogP contribution is -2.45. The molecule has 9 nitrogen and oxygen atoms in total. The predicted octanol–water partition coefficient (Wildman–Crippen LogP) is 1.33. The normalized spacial score (nSPS) is 12.5. The quantitative estimate of drug-likeness (QED) is 0.639. The molecule has 154 valence electrons. The number of ether oxygens (including phenoxy) is 2. The van der Waals surface area contributed by atoms with Crippen molar-refractivity contribution in [2.75, 3.05) is 20.8 Å². The molecule has 0 aliphatic carbocycles. The third-order valence-corrected chi connectivity index (χ3v) is 5.91. The zero-order chi connectivity index (χ0) is 20.9. The summed E-state index contributed by atoms with van der Waals surface area (Å²) >= 11 is 0. The molecule has 0 aliphatic heterocycles. The summed E-state index contributed by atoms with van der Waals surface area (Å²) in [4.78, 5) is 12.2. The van der Waals surface area contributed by atoms with Gasteiger partial charge in [0.05, 0.1) is 20.3 Å². The van der Waals surface area contributed by atoms with Crippen molar-refractivity contribution in [3.63, 3.8) is 0 Å². The summed E-state index contributed by atoms with van der Waals surface area (Å²) in [5, 5.41) is 6.35. The summed E-state index contributed by atoms with van der Waals surface area (Å²) in [5.74, 6) is 0.964. The number of aryl methyl sites for hydroxylation is 2. The molecule has 0 unspecified atom stereocenters. The maximum Gasteiger partial charge on any atom is 0.246 e. The summed E-state index contributed by atoms with van der Waals surface area (Å²) in [6.45, 7) is 4.84. The highest BCUT2D eigenvalue weighted by molar-refractivity contribution is 7.89. The minimum atomic E-state index is -3.91. The van der Waals surface area contributed by atoms with Crippen LogP contribution in [0.2, 0.25) is 0 Å². The fraction of sp³-hybridized carbons (Fsp3) is 0.444. The van der Waals surface area contributed by atoms with Crippen LogP contribution in [0.3, 0.4) is 0 Å². The van der Waals surface area contributed by atoms with Crippen LogP contribution < -0.4 is 19.5 Å². The van der Waals surface area contributed by atoms with Crippen LogP contribution in [0.5, 0.6) is 11.5 Å². The van der Waals surface area contributed by atoms with Crippen LogP contribution in [0, 0.1) is 13.8 Å². The first-order valence-corrected chi connectivity index (χ1v) is 10.1. The number of methoxy groups -OCH3 is 2. The number of nitrogens with zero attached hydrogens (tertiary/aromatic N) is 1. The van der Waals surface area contributed by atoms with E-state index in [0.29, 0.717) is 24.5 Å². The molecule has 2 rings (SSSR count). The first-order chi connectivity index (χ1) is 13.2. The molecule has 0 fully saturated rings. The molecular weight excluding hydrogens is 386 g/mol. The number of carbonyl (C=O) groups is 1. The standard InChI is InChI=1S/C18H25N3O6S/c1-11-17(13(3)27-20-11)28(23,24)21-12(2)18(22)19-9-8-14-6-7-15(25-4)16(10-14)26-5/h6-7,10,12,21H,8-9H2,1-5H3,(H,19,22)/t12-/m0/s1. The van der Waals surface area contributed by atoms with Crippen LogP contribution in [0.15, 0.2) is 27.6 Å². The Morgan fingerprint density at radius 2 is 1.89 bits per heavy atom. The zero-order valence-corrected chi connectivity index (χ0v) is 17.3. The molecule has 0 aliphatic rings. The smallest absolute Gasteiger partial charge is 0.246 e. The van der Waals surface area contributed by atoms with Crippen LogP contribution in [0.25, 0.3) is 0 Å². The third-order valence-electron chi connectivity index (χ3n) is 4.12. The predicted molar refractivity (Wildman–Crippen MR) is 102 cm³/mol. The molecular formula is C18H25N3O6S. The van der Waals surface area contributed by atoms with Crippen molar-refractivity contribution >= 4 is 15.9 Å². The third kappa shape index (κ3) is 5.02. The number of carbonyl (C=O) groups excluding carboxylic acids is 1. The van der Waals surface area contributed by atoms with Gasteiger partial charge in [0, 0.05) is 6.54 Å². The van der Waals surface area contributed by atoms with Gasteiger partial charge in [-0.2, -0.15) is 4.72 Å².